The predicted molar refractivity (Wildman–Crippen MR) is 136 cm³/mol. The van der Waals surface area contributed by atoms with E-state index in [4.69, 9.17) is 0 Å². The predicted octanol–water partition coefficient (Wildman–Crippen LogP) is 6.26. The van der Waals surface area contributed by atoms with Crippen molar-refractivity contribution in [2.24, 2.45) is 7.05 Å². The maximum atomic E-state index is 4.61. The maximum Gasteiger partial charge on any atom is 0.130 e. The van der Waals surface area contributed by atoms with Gasteiger partial charge in [-0.05, 0) is 73.5 Å². The van der Waals surface area contributed by atoms with Crippen LogP contribution >= 0.6 is 0 Å². The van der Waals surface area contributed by atoms with E-state index in [0.29, 0.717) is 0 Å². The first kappa shape index (κ1) is 20.3. The van der Waals surface area contributed by atoms with Gasteiger partial charge in [0.25, 0.3) is 0 Å². The van der Waals surface area contributed by atoms with E-state index >= 15 is 0 Å². The second-order valence-electron chi connectivity index (χ2n) is 8.60. The number of aromatic nitrogens is 3. The summed E-state index contributed by atoms with van der Waals surface area (Å²) in [6.45, 7) is 8.54. The zero-order chi connectivity index (χ0) is 22.1. The normalized spacial score (nSPS) is 14.0. The number of aryl methyl sites for hydroxylation is 1. The highest BCUT2D eigenvalue weighted by atomic mass is 15.2. The zero-order valence-corrected chi connectivity index (χ0v) is 18.8. The summed E-state index contributed by atoms with van der Waals surface area (Å²) in [6, 6.07) is 17.0. The lowest BCUT2D eigenvalue weighted by atomic mass is 10.1. The first-order valence-corrected chi connectivity index (χ1v) is 11.3. The highest BCUT2D eigenvalue weighted by Crippen LogP contribution is 2.28. The molecule has 1 aliphatic rings. The van der Waals surface area contributed by atoms with Crippen LogP contribution < -0.4 is 10.2 Å². The molecule has 32 heavy (non-hydrogen) atoms. The number of nitrogens with one attached hydrogen (secondary N) is 1. The number of hydrogen-bond donors (Lipinski definition) is 1. The third-order valence-corrected chi connectivity index (χ3v) is 6.44. The van der Waals surface area contributed by atoms with Gasteiger partial charge < -0.3 is 14.8 Å². The Kier molecular flexibility index (Phi) is 5.39. The Morgan fingerprint density at radius 3 is 2.59 bits per heavy atom. The van der Waals surface area contributed by atoms with Gasteiger partial charge in [0.1, 0.15) is 11.6 Å². The summed E-state index contributed by atoms with van der Waals surface area (Å²) < 4.78 is 2.22. The van der Waals surface area contributed by atoms with Crippen LogP contribution in [0.1, 0.15) is 31.9 Å². The minimum atomic E-state index is 0. The molecule has 1 aromatic carbocycles. The molecule has 0 amide bonds. The van der Waals surface area contributed by atoms with Crippen molar-refractivity contribution in [1.82, 2.24) is 14.5 Å². The average Bonchev–Trinajstić information content (AvgIpc) is 3.17. The molecule has 3 aromatic heterocycles. The lowest BCUT2D eigenvalue weighted by Crippen LogP contribution is -2.30. The molecular formula is C27H31N5. The smallest absolute Gasteiger partial charge is 0.130 e. The van der Waals surface area contributed by atoms with E-state index in [9.17, 15) is 0 Å². The molecule has 0 saturated carbocycles. The maximum absolute atomic E-state index is 4.61. The van der Waals surface area contributed by atoms with Gasteiger partial charge in [0.15, 0.2) is 0 Å². The van der Waals surface area contributed by atoms with E-state index in [0.717, 1.165) is 46.8 Å². The van der Waals surface area contributed by atoms with Gasteiger partial charge in [-0.3, -0.25) is 0 Å². The molecule has 0 radical (unpaired) electrons. The molecule has 0 spiro atoms. The van der Waals surface area contributed by atoms with Crippen molar-refractivity contribution in [2.45, 2.75) is 26.2 Å². The Balaban J connectivity index is 0.00000259. The number of rotatable bonds is 5. The van der Waals surface area contributed by atoms with Crippen molar-refractivity contribution in [2.75, 3.05) is 23.3 Å². The van der Waals surface area contributed by atoms with Crippen LogP contribution in [0.3, 0.4) is 0 Å². The number of pyridine rings is 2. The quantitative estimate of drug-likeness (QED) is 0.410. The zero-order valence-electron chi connectivity index (χ0n) is 18.8. The number of piperidine rings is 1. The fourth-order valence-corrected chi connectivity index (χ4v) is 4.40. The fraction of sp³-hybridized carbons (Fsp3) is 0.259. The molecule has 4 heterocycles. The fourth-order valence-electron chi connectivity index (χ4n) is 4.40. The third kappa shape index (κ3) is 3.98. The minimum Gasteiger partial charge on any atom is -0.357 e. The van der Waals surface area contributed by atoms with Crippen molar-refractivity contribution in [3.63, 3.8) is 0 Å². The molecule has 1 saturated heterocycles. The van der Waals surface area contributed by atoms with Crippen LogP contribution in [0.15, 0.2) is 67.5 Å². The molecule has 1 N–H and O–H groups in total. The molecule has 5 nitrogen and oxygen atoms in total. The van der Waals surface area contributed by atoms with Gasteiger partial charge in [-0.25, -0.2) is 9.97 Å². The largest absolute Gasteiger partial charge is 0.357 e. The monoisotopic (exact) mass is 425 g/mol. The van der Waals surface area contributed by atoms with Gasteiger partial charge in [-0.15, -0.1) is 0 Å². The number of hydrogen-bond acceptors (Lipinski definition) is 4. The highest BCUT2D eigenvalue weighted by Gasteiger charge is 2.13. The Labute approximate surface area is 190 Å². The second kappa shape index (κ2) is 8.50. The van der Waals surface area contributed by atoms with Crippen molar-refractivity contribution in [3.05, 3.63) is 78.8 Å². The van der Waals surface area contributed by atoms with Crippen LogP contribution in [0.4, 0.5) is 11.6 Å². The van der Waals surface area contributed by atoms with Crippen molar-refractivity contribution in [1.29, 1.82) is 0 Å². The van der Waals surface area contributed by atoms with Crippen LogP contribution in [0.5, 0.6) is 0 Å². The summed E-state index contributed by atoms with van der Waals surface area (Å²) in [4.78, 5) is 11.5. The molecule has 0 unspecified atom stereocenters. The molecule has 0 aliphatic carbocycles. The van der Waals surface area contributed by atoms with E-state index in [1.165, 1.54) is 36.2 Å². The molecule has 1 fully saturated rings. The number of anilines is 2. The lowest BCUT2D eigenvalue weighted by Gasteiger charge is -2.28. The van der Waals surface area contributed by atoms with Crippen molar-refractivity contribution >= 4 is 28.1 Å². The topological polar surface area (TPSA) is 46.0 Å². The average molecular weight is 426 g/mol. The molecule has 1 aliphatic heterocycles. The molecule has 5 rings (SSSR count). The second-order valence-corrected chi connectivity index (χ2v) is 8.60. The summed E-state index contributed by atoms with van der Waals surface area (Å²) in [7, 11) is 2.10. The highest BCUT2D eigenvalue weighted by molar-refractivity contribution is 5.89. The first-order valence-electron chi connectivity index (χ1n) is 11.3. The van der Waals surface area contributed by atoms with Crippen LogP contribution in [-0.2, 0) is 7.05 Å². The van der Waals surface area contributed by atoms with Gasteiger partial charge in [0.05, 0.1) is 0 Å². The summed E-state index contributed by atoms with van der Waals surface area (Å²) >= 11 is 0. The summed E-state index contributed by atoms with van der Waals surface area (Å²) in [5.41, 5.74) is 5.52. The molecule has 0 bridgehead atoms. The van der Waals surface area contributed by atoms with Crippen molar-refractivity contribution < 1.29 is 1.43 Å². The van der Waals surface area contributed by atoms with E-state index in [2.05, 4.69) is 87.8 Å². The third-order valence-electron chi connectivity index (χ3n) is 6.44. The molecular weight excluding hydrogens is 394 g/mol. The Bertz CT molecular complexity index is 1290. The van der Waals surface area contributed by atoms with E-state index < -0.39 is 0 Å². The molecule has 4 aromatic rings. The molecule has 164 valence electrons. The van der Waals surface area contributed by atoms with E-state index in [1.807, 2.05) is 18.5 Å². The van der Waals surface area contributed by atoms with E-state index in [1.54, 1.807) is 0 Å². The Morgan fingerprint density at radius 1 is 0.969 bits per heavy atom. The van der Waals surface area contributed by atoms with Gasteiger partial charge in [-0.2, -0.15) is 0 Å². The van der Waals surface area contributed by atoms with Gasteiger partial charge in [-0.1, -0.05) is 18.7 Å². The van der Waals surface area contributed by atoms with Crippen LogP contribution in [0.25, 0.3) is 27.7 Å². The van der Waals surface area contributed by atoms with E-state index in [-0.39, 0.29) is 1.43 Å². The summed E-state index contributed by atoms with van der Waals surface area (Å²) in [5.74, 6) is 1.82. The number of fused-ring (bicyclic) bond motifs is 1. The van der Waals surface area contributed by atoms with Gasteiger partial charge in [0.2, 0.25) is 0 Å². The Morgan fingerprint density at radius 2 is 1.81 bits per heavy atom. The Hall–Kier alpha value is -3.60. The first-order chi connectivity index (χ1) is 15.6. The minimum absolute atomic E-state index is 0. The SMILES string of the molecule is C=C(Nc1cc2cc(-c3ccc(C)n3C)ccc2cn1)c1ccnc(N2CCCCC2)c1.[HH]. The lowest BCUT2D eigenvalue weighted by molar-refractivity contribution is 0.573. The van der Waals surface area contributed by atoms with Crippen LogP contribution in [0.2, 0.25) is 0 Å². The number of benzene rings is 1. The molecule has 5 heteroatoms. The van der Waals surface area contributed by atoms with Gasteiger partial charge >= 0.3 is 0 Å². The number of nitrogens with zero attached hydrogens (tertiary/aromatic N) is 4. The standard InChI is InChI=1S/C27H29N5.H2/c1-19-7-10-25(31(19)3)22-8-9-23-18-29-26(16-24(23)15-22)30-20(2)21-11-12-28-27(17-21)32-13-5-4-6-14-32;/h7-12,15-18H,2,4-6,13-14H2,1,3H3,(H,29,30);1H. The van der Waals surface area contributed by atoms with Crippen molar-refractivity contribution in [3.8, 4) is 11.3 Å². The van der Waals surface area contributed by atoms with Crippen LogP contribution in [0, 0.1) is 6.92 Å². The van der Waals surface area contributed by atoms with Gasteiger partial charge in [0, 0.05) is 62.0 Å². The summed E-state index contributed by atoms with van der Waals surface area (Å²) in [6.07, 6.45) is 7.56. The van der Waals surface area contributed by atoms with Crippen LogP contribution in [-0.4, -0.2) is 27.6 Å². The summed E-state index contributed by atoms with van der Waals surface area (Å²) in [5, 5.41) is 5.66. The molecule has 0 atom stereocenters.